The zero-order valence-electron chi connectivity index (χ0n) is 20.6. The Morgan fingerprint density at radius 2 is 1.83 bits per heavy atom. The van der Waals surface area contributed by atoms with E-state index in [1.165, 1.54) is 5.56 Å². The molecule has 5 rings (SSSR count). The highest BCUT2D eigenvalue weighted by atomic mass is 16.5. The standard InChI is InChI=1S/C29H33N3O3/c1-3-16-31-18-15-24-22(19-31)27(21-12-6-7-13-23(21)30-24)29(34)35-26(4-2)28(33)32-17-9-11-20-10-5-8-14-25(20)32/h5-8,10,12-14,26H,3-4,9,11,15-19H2,1-2H3. The fraction of sp³-hybridized carbons (Fsp3) is 0.414. The molecule has 3 heterocycles. The lowest BCUT2D eigenvalue weighted by atomic mass is 9.95. The fourth-order valence-electron chi connectivity index (χ4n) is 5.42. The molecule has 0 spiro atoms. The van der Waals surface area contributed by atoms with Crippen molar-refractivity contribution in [2.75, 3.05) is 24.5 Å². The number of fused-ring (bicyclic) bond motifs is 3. The number of anilines is 1. The van der Waals surface area contributed by atoms with Gasteiger partial charge in [-0.25, -0.2) is 4.79 Å². The Morgan fingerprint density at radius 3 is 2.66 bits per heavy atom. The summed E-state index contributed by atoms with van der Waals surface area (Å²) in [5, 5.41) is 0.792. The third-order valence-corrected chi connectivity index (χ3v) is 7.14. The van der Waals surface area contributed by atoms with Gasteiger partial charge in [-0.3, -0.25) is 14.7 Å². The summed E-state index contributed by atoms with van der Waals surface area (Å²) in [5.41, 5.74) is 5.37. The molecule has 1 unspecified atom stereocenters. The lowest BCUT2D eigenvalue weighted by Crippen LogP contribution is -2.44. The van der Waals surface area contributed by atoms with E-state index in [4.69, 9.17) is 9.72 Å². The molecule has 6 heteroatoms. The third kappa shape index (κ3) is 4.55. The minimum Gasteiger partial charge on any atom is -0.449 e. The Kier molecular flexibility index (Phi) is 6.82. The lowest BCUT2D eigenvalue weighted by Gasteiger charge is -2.32. The average molecular weight is 472 g/mol. The number of carbonyl (C=O) groups excluding carboxylic acids is 2. The van der Waals surface area contributed by atoms with Crippen LogP contribution in [0.5, 0.6) is 0 Å². The summed E-state index contributed by atoms with van der Waals surface area (Å²) >= 11 is 0. The van der Waals surface area contributed by atoms with Crippen molar-refractivity contribution in [2.24, 2.45) is 0 Å². The summed E-state index contributed by atoms with van der Waals surface area (Å²) in [5.74, 6) is -0.573. The molecule has 0 radical (unpaired) electrons. The van der Waals surface area contributed by atoms with Gasteiger partial charge in [-0.2, -0.15) is 0 Å². The van der Waals surface area contributed by atoms with Crippen molar-refractivity contribution in [3.8, 4) is 0 Å². The first-order valence-electron chi connectivity index (χ1n) is 12.8. The second kappa shape index (κ2) is 10.2. The number of pyridine rings is 1. The zero-order valence-corrected chi connectivity index (χ0v) is 20.6. The van der Waals surface area contributed by atoms with E-state index in [1.807, 2.05) is 49.4 Å². The van der Waals surface area contributed by atoms with Gasteiger partial charge in [0.15, 0.2) is 6.10 Å². The summed E-state index contributed by atoms with van der Waals surface area (Å²) in [6.07, 6.45) is 3.33. The number of hydrogen-bond donors (Lipinski definition) is 0. The maximum Gasteiger partial charge on any atom is 0.340 e. The number of hydrogen-bond acceptors (Lipinski definition) is 5. The van der Waals surface area contributed by atoms with Crippen molar-refractivity contribution in [2.45, 2.75) is 58.6 Å². The van der Waals surface area contributed by atoms with Gasteiger partial charge in [-0.15, -0.1) is 0 Å². The molecular weight excluding hydrogens is 438 g/mol. The van der Waals surface area contributed by atoms with Gasteiger partial charge >= 0.3 is 5.97 Å². The molecular formula is C29H33N3O3. The molecule has 6 nitrogen and oxygen atoms in total. The largest absolute Gasteiger partial charge is 0.449 e. The monoisotopic (exact) mass is 471 g/mol. The summed E-state index contributed by atoms with van der Waals surface area (Å²) in [4.78, 5) is 36.4. The second-order valence-corrected chi connectivity index (χ2v) is 9.48. The lowest BCUT2D eigenvalue weighted by molar-refractivity contribution is -0.127. The highest BCUT2D eigenvalue weighted by Crippen LogP contribution is 2.31. The van der Waals surface area contributed by atoms with Crippen molar-refractivity contribution in [3.05, 3.63) is 70.9 Å². The van der Waals surface area contributed by atoms with Crippen LogP contribution in [0.2, 0.25) is 0 Å². The van der Waals surface area contributed by atoms with E-state index < -0.39 is 12.1 Å². The molecule has 2 aliphatic heterocycles. The highest BCUT2D eigenvalue weighted by molar-refractivity contribution is 6.07. The third-order valence-electron chi connectivity index (χ3n) is 7.14. The van der Waals surface area contributed by atoms with E-state index >= 15 is 0 Å². The molecule has 0 aliphatic carbocycles. The van der Waals surface area contributed by atoms with Crippen molar-refractivity contribution in [3.63, 3.8) is 0 Å². The molecule has 182 valence electrons. The number of nitrogens with zero attached hydrogens (tertiary/aromatic N) is 3. The SMILES string of the molecule is CCCN1CCc2nc3ccccc3c(C(=O)OC(CC)C(=O)N3CCCc4ccccc43)c2C1. The minimum atomic E-state index is -0.827. The predicted octanol–water partition coefficient (Wildman–Crippen LogP) is 4.92. The smallest absolute Gasteiger partial charge is 0.340 e. The van der Waals surface area contributed by atoms with Gasteiger partial charge in [0.2, 0.25) is 0 Å². The van der Waals surface area contributed by atoms with Crippen molar-refractivity contribution >= 4 is 28.5 Å². The first-order valence-corrected chi connectivity index (χ1v) is 12.8. The van der Waals surface area contributed by atoms with E-state index in [1.54, 1.807) is 4.90 Å². The maximum absolute atomic E-state index is 13.8. The Balaban J connectivity index is 1.47. The molecule has 1 amide bonds. The molecule has 2 aromatic carbocycles. The topological polar surface area (TPSA) is 62.7 Å². The molecule has 0 fully saturated rings. The van der Waals surface area contributed by atoms with Gasteiger partial charge in [0.25, 0.3) is 5.91 Å². The van der Waals surface area contributed by atoms with Crippen LogP contribution in [-0.2, 0) is 28.9 Å². The van der Waals surface area contributed by atoms with Crippen molar-refractivity contribution in [1.82, 2.24) is 9.88 Å². The first-order chi connectivity index (χ1) is 17.1. The van der Waals surface area contributed by atoms with E-state index in [0.29, 0.717) is 25.1 Å². The number of ether oxygens (including phenoxy) is 1. The van der Waals surface area contributed by atoms with Crippen LogP contribution in [0, 0.1) is 0 Å². The second-order valence-electron chi connectivity index (χ2n) is 9.48. The summed E-state index contributed by atoms with van der Waals surface area (Å²) < 4.78 is 6.01. The van der Waals surface area contributed by atoms with Crippen molar-refractivity contribution in [1.29, 1.82) is 0 Å². The summed E-state index contributed by atoms with van der Waals surface area (Å²) in [7, 11) is 0. The van der Waals surface area contributed by atoms with E-state index in [0.717, 1.165) is 66.6 Å². The van der Waals surface area contributed by atoms with Crippen LogP contribution in [0.15, 0.2) is 48.5 Å². The summed E-state index contributed by atoms with van der Waals surface area (Å²) in [6.45, 7) is 7.30. The van der Waals surface area contributed by atoms with E-state index in [9.17, 15) is 9.59 Å². The van der Waals surface area contributed by atoms with Crippen LogP contribution < -0.4 is 4.90 Å². The highest BCUT2D eigenvalue weighted by Gasteiger charge is 2.33. The molecule has 0 bridgehead atoms. The number of esters is 1. The molecule has 3 aromatic rings. The maximum atomic E-state index is 13.8. The predicted molar refractivity (Wildman–Crippen MR) is 138 cm³/mol. The molecule has 35 heavy (non-hydrogen) atoms. The Bertz CT molecular complexity index is 1260. The number of aryl methyl sites for hydroxylation is 1. The van der Waals surface area contributed by atoms with Crippen LogP contribution >= 0.6 is 0 Å². The normalized spacial score (nSPS) is 16.5. The van der Waals surface area contributed by atoms with Crippen molar-refractivity contribution < 1.29 is 14.3 Å². The van der Waals surface area contributed by atoms with Crippen LogP contribution in [0.1, 0.15) is 60.3 Å². The van der Waals surface area contributed by atoms with E-state index in [-0.39, 0.29) is 5.91 Å². The Labute approximate surface area is 206 Å². The van der Waals surface area contributed by atoms with Crippen LogP contribution in [-0.4, -0.2) is 47.5 Å². The number of amides is 1. The quantitative estimate of drug-likeness (QED) is 0.478. The Morgan fingerprint density at radius 1 is 1.03 bits per heavy atom. The van der Waals surface area contributed by atoms with E-state index in [2.05, 4.69) is 17.9 Å². The minimum absolute atomic E-state index is 0.146. The first kappa shape index (κ1) is 23.5. The van der Waals surface area contributed by atoms with Crippen LogP contribution in [0.3, 0.4) is 0 Å². The number of benzene rings is 2. The number of carbonyl (C=O) groups is 2. The molecule has 0 saturated carbocycles. The molecule has 0 saturated heterocycles. The van der Waals surface area contributed by atoms with Gasteiger partial charge in [0.1, 0.15) is 0 Å². The molecule has 1 atom stereocenters. The zero-order chi connectivity index (χ0) is 24.4. The van der Waals surface area contributed by atoms with Crippen LogP contribution in [0.4, 0.5) is 5.69 Å². The summed E-state index contributed by atoms with van der Waals surface area (Å²) in [6, 6.07) is 15.7. The Hall–Kier alpha value is -3.25. The fourth-order valence-corrected chi connectivity index (χ4v) is 5.42. The van der Waals surface area contributed by atoms with Gasteiger partial charge in [-0.1, -0.05) is 50.2 Å². The van der Waals surface area contributed by atoms with Crippen LogP contribution in [0.25, 0.3) is 10.9 Å². The number of para-hydroxylation sites is 2. The number of rotatable bonds is 6. The number of aromatic nitrogens is 1. The molecule has 2 aliphatic rings. The molecule has 0 N–H and O–H groups in total. The van der Waals surface area contributed by atoms with Gasteiger partial charge in [-0.05, 0) is 49.9 Å². The molecule has 1 aromatic heterocycles. The van der Waals surface area contributed by atoms with Gasteiger partial charge in [0, 0.05) is 48.4 Å². The van der Waals surface area contributed by atoms with Gasteiger partial charge < -0.3 is 9.64 Å². The van der Waals surface area contributed by atoms with Gasteiger partial charge in [0.05, 0.1) is 11.1 Å². The average Bonchev–Trinajstić information content (AvgIpc) is 2.89.